The number of aliphatic hydroxyl groups is 1. The van der Waals surface area contributed by atoms with E-state index in [0.29, 0.717) is 6.04 Å². The summed E-state index contributed by atoms with van der Waals surface area (Å²) in [7, 11) is 0. The highest BCUT2D eigenvalue weighted by Crippen LogP contribution is 2.20. The number of imidazole rings is 1. The molecule has 102 valence electrons. The third-order valence-corrected chi connectivity index (χ3v) is 3.94. The maximum Gasteiger partial charge on any atom is 0.234 e. The Morgan fingerprint density at radius 1 is 1.42 bits per heavy atom. The number of hydrogen-bond acceptors (Lipinski definition) is 4. The summed E-state index contributed by atoms with van der Waals surface area (Å²) in [6.45, 7) is 6.20. The Hall–Kier alpha value is -1.46. The fourth-order valence-electron chi connectivity index (χ4n) is 3.03. The number of nitrogens with zero attached hydrogens (tertiary/aromatic N) is 4. The molecular formula is C14H20N4O. The number of aromatic nitrogens is 3. The second-order valence-electron chi connectivity index (χ2n) is 5.37. The van der Waals surface area contributed by atoms with Gasteiger partial charge in [0, 0.05) is 24.0 Å². The summed E-state index contributed by atoms with van der Waals surface area (Å²) in [5.74, 6) is 0.771. The minimum absolute atomic E-state index is 0.243. The zero-order valence-corrected chi connectivity index (χ0v) is 11.5. The topological polar surface area (TPSA) is 53.7 Å². The van der Waals surface area contributed by atoms with Crippen molar-refractivity contribution in [3.8, 4) is 0 Å². The Labute approximate surface area is 112 Å². The standard InChI is InChI=1S/C14H20N4O/c1-10-6-11(2)18-13(7-15-14(18)16-10)8-17-5-3-4-12(17)9-19/h6-7,12,19H,3-5,8-9H2,1-2H3/t12-/m1/s1. The van der Waals surface area contributed by atoms with E-state index < -0.39 is 0 Å². The van der Waals surface area contributed by atoms with E-state index in [2.05, 4.69) is 32.3 Å². The molecule has 0 aromatic carbocycles. The molecule has 0 unspecified atom stereocenters. The van der Waals surface area contributed by atoms with Crippen molar-refractivity contribution >= 4 is 5.78 Å². The summed E-state index contributed by atoms with van der Waals surface area (Å²) in [4.78, 5) is 11.2. The van der Waals surface area contributed by atoms with E-state index in [4.69, 9.17) is 0 Å². The monoisotopic (exact) mass is 260 g/mol. The van der Waals surface area contributed by atoms with Gasteiger partial charge in [0.1, 0.15) is 0 Å². The quantitative estimate of drug-likeness (QED) is 0.904. The lowest BCUT2D eigenvalue weighted by Crippen LogP contribution is -2.32. The number of likely N-dealkylation sites (tertiary alicyclic amines) is 1. The van der Waals surface area contributed by atoms with Crippen LogP contribution in [0.3, 0.4) is 0 Å². The summed E-state index contributed by atoms with van der Waals surface area (Å²) in [6, 6.07) is 2.37. The van der Waals surface area contributed by atoms with Crippen molar-refractivity contribution in [1.82, 2.24) is 19.3 Å². The molecule has 0 saturated carbocycles. The van der Waals surface area contributed by atoms with Gasteiger partial charge in [-0.15, -0.1) is 0 Å². The van der Waals surface area contributed by atoms with E-state index in [1.165, 1.54) is 0 Å². The lowest BCUT2D eigenvalue weighted by Gasteiger charge is -2.22. The van der Waals surface area contributed by atoms with E-state index >= 15 is 0 Å². The summed E-state index contributed by atoms with van der Waals surface area (Å²) < 4.78 is 2.11. The van der Waals surface area contributed by atoms with Crippen molar-refractivity contribution in [1.29, 1.82) is 0 Å². The van der Waals surface area contributed by atoms with Crippen LogP contribution >= 0.6 is 0 Å². The molecular weight excluding hydrogens is 240 g/mol. The fraction of sp³-hybridized carbons (Fsp3) is 0.571. The van der Waals surface area contributed by atoms with Gasteiger partial charge in [0.05, 0.1) is 18.5 Å². The highest BCUT2D eigenvalue weighted by molar-refractivity contribution is 5.35. The molecule has 3 rings (SSSR count). The zero-order chi connectivity index (χ0) is 13.4. The first kappa shape index (κ1) is 12.6. The number of aliphatic hydroxyl groups excluding tert-OH is 1. The molecule has 19 heavy (non-hydrogen) atoms. The highest BCUT2D eigenvalue weighted by Gasteiger charge is 2.24. The highest BCUT2D eigenvalue weighted by atomic mass is 16.3. The van der Waals surface area contributed by atoms with Crippen LogP contribution in [0.2, 0.25) is 0 Å². The second kappa shape index (κ2) is 4.90. The fourth-order valence-corrected chi connectivity index (χ4v) is 3.03. The second-order valence-corrected chi connectivity index (χ2v) is 5.37. The zero-order valence-electron chi connectivity index (χ0n) is 11.5. The van der Waals surface area contributed by atoms with Crippen molar-refractivity contribution in [3.05, 3.63) is 29.3 Å². The predicted octanol–water partition coefficient (Wildman–Crippen LogP) is 1.30. The summed E-state index contributed by atoms with van der Waals surface area (Å²) in [6.07, 6.45) is 4.16. The molecule has 1 N–H and O–H groups in total. The predicted molar refractivity (Wildman–Crippen MR) is 73.0 cm³/mol. The third kappa shape index (κ3) is 2.24. The van der Waals surface area contributed by atoms with Gasteiger partial charge in [0.2, 0.25) is 5.78 Å². The van der Waals surface area contributed by atoms with Crippen LogP contribution < -0.4 is 0 Å². The summed E-state index contributed by atoms with van der Waals surface area (Å²) >= 11 is 0. The number of fused-ring (bicyclic) bond motifs is 1. The van der Waals surface area contributed by atoms with Gasteiger partial charge in [0.25, 0.3) is 0 Å². The van der Waals surface area contributed by atoms with Crippen molar-refractivity contribution in [3.63, 3.8) is 0 Å². The molecule has 0 spiro atoms. The van der Waals surface area contributed by atoms with Gasteiger partial charge in [-0.3, -0.25) is 9.30 Å². The Morgan fingerprint density at radius 2 is 2.26 bits per heavy atom. The van der Waals surface area contributed by atoms with Crippen LogP contribution in [0.1, 0.15) is 29.9 Å². The van der Waals surface area contributed by atoms with E-state index in [1.807, 2.05) is 13.1 Å². The molecule has 1 aliphatic heterocycles. The van der Waals surface area contributed by atoms with Gasteiger partial charge in [0.15, 0.2) is 0 Å². The van der Waals surface area contributed by atoms with Crippen LogP contribution in [0, 0.1) is 13.8 Å². The molecule has 3 heterocycles. The molecule has 0 bridgehead atoms. The van der Waals surface area contributed by atoms with Crippen molar-refractivity contribution < 1.29 is 5.11 Å². The number of aryl methyl sites for hydroxylation is 2. The molecule has 2 aromatic heterocycles. The maximum absolute atomic E-state index is 9.39. The van der Waals surface area contributed by atoms with Crippen molar-refractivity contribution in [2.24, 2.45) is 0 Å². The first-order valence-corrected chi connectivity index (χ1v) is 6.84. The van der Waals surface area contributed by atoms with Crippen LogP contribution in [0.25, 0.3) is 5.78 Å². The van der Waals surface area contributed by atoms with Gasteiger partial charge in [-0.25, -0.2) is 9.97 Å². The Kier molecular flexibility index (Phi) is 3.24. The minimum atomic E-state index is 0.243. The molecule has 0 amide bonds. The Bertz CT molecular complexity index is 592. The van der Waals surface area contributed by atoms with Crippen LogP contribution in [0.5, 0.6) is 0 Å². The van der Waals surface area contributed by atoms with Crippen LogP contribution in [0.15, 0.2) is 12.3 Å². The summed E-state index contributed by atoms with van der Waals surface area (Å²) in [5, 5.41) is 9.39. The van der Waals surface area contributed by atoms with E-state index in [0.717, 1.165) is 48.8 Å². The van der Waals surface area contributed by atoms with Gasteiger partial charge >= 0.3 is 0 Å². The maximum atomic E-state index is 9.39. The Morgan fingerprint density at radius 3 is 3.05 bits per heavy atom. The number of rotatable bonds is 3. The van der Waals surface area contributed by atoms with Crippen LogP contribution in [-0.4, -0.2) is 43.6 Å². The first-order valence-electron chi connectivity index (χ1n) is 6.84. The first-order chi connectivity index (χ1) is 9.19. The minimum Gasteiger partial charge on any atom is -0.395 e. The van der Waals surface area contributed by atoms with Crippen molar-refractivity contribution in [2.45, 2.75) is 39.3 Å². The molecule has 0 radical (unpaired) electrons. The summed E-state index contributed by atoms with van der Waals surface area (Å²) in [5.41, 5.74) is 3.31. The van der Waals surface area contributed by atoms with E-state index in [-0.39, 0.29) is 6.61 Å². The van der Waals surface area contributed by atoms with Crippen LogP contribution in [0.4, 0.5) is 0 Å². The molecule has 1 saturated heterocycles. The third-order valence-electron chi connectivity index (χ3n) is 3.94. The average molecular weight is 260 g/mol. The van der Waals surface area contributed by atoms with E-state index in [9.17, 15) is 5.11 Å². The SMILES string of the molecule is Cc1cc(C)n2c(CN3CCC[C@@H]3CO)cnc2n1. The molecule has 1 atom stereocenters. The normalized spacial score (nSPS) is 20.5. The smallest absolute Gasteiger partial charge is 0.234 e. The molecule has 0 aliphatic carbocycles. The molecule has 1 fully saturated rings. The van der Waals surface area contributed by atoms with Gasteiger partial charge < -0.3 is 5.11 Å². The van der Waals surface area contributed by atoms with Crippen LogP contribution in [-0.2, 0) is 6.54 Å². The van der Waals surface area contributed by atoms with Gasteiger partial charge in [-0.2, -0.15) is 0 Å². The van der Waals surface area contributed by atoms with Crippen molar-refractivity contribution in [2.75, 3.05) is 13.2 Å². The number of hydrogen-bond donors (Lipinski definition) is 1. The molecule has 1 aliphatic rings. The van der Waals surface area contributed by atoms with E-state index in [1.54, 1.807) is 0 Å². The lowest BCUT2D eigenvalue weighted by atomic mass is 10.2. The molecule has 5 heteroatoms. The lowest BCUT2D eigenvalue weighted by molar-refractivity contribution is 0.152. The van der Waals surface area contributed by atoms with Gasteiger partial charge in [-0.1, -0.05) is 0 Å². The average Bonchev–Trinajstić information content (AvgIpc) is 2.96. The molecule has 5 nitrogen and oxygen atoms in total. The Balaban J connectivity index is 1.93. The largest absolute Gasteiger partial charge is 0.395 e. The molecule has 2 aromatic rings. The van der Waals surface area contributed by atoms with Gasteiger partial charge in [-0.05, 0) is 39.3 Å².